The molecule has 1 aliphatic rings. The quantitative estimate of drug-likeness (QED) is 0.461. The highest BCUT2D eigenvalue weighted by Crippen LogP contribution is 2.25. The first-order chi connectivity index (χ1) is 13.6. The molecular formula is C21H21BrO6. The first-order valence-electron chi connectivity index (χ1n) is 9.10. The normalized spacial score (nSPS) is 15.9. The monoisotopic (exact) mass is 448 g/mol. The van der Waals surface area contributed by atoms with E-state index in [1.54, 1.807) is 42.5 Å². The Morgan fingerprint density at radius 2 is 1.93 bits per heavy atom. The fourth-order valence-corrected chi connectivity index (χ4v) is 3.15. The Kier molecular flexibility index (Phi) is 7.06. The van der Waals surface area contributed by atoms with E-state index in [1.807, 2.05) is 6.92 Å². The van der Waals surface area contributed by atoms with Gasteiger partial charge in [-0.1, -0.05) is 15.9 Å². The average Bonchev–Trinajstić information content (AvgIpc) is 3.22. The second kappa shape index (κ2) is 9.71. The third-order valence-corrected chi connectivity index (χ3v) is 4.68. The molecule has 1 aliphatic heterocycles. The van der Waals surface area contributed by atoms with Crippen molar-refractivity contribution in [3.8, 4) is 11.5 Å². The maximum absolute atomic E-state index is 12.5. The van der Waals surface area contributed by atoms with Gasteiger partial charge in [0.1, 0.15) is 23.7 Å². The summed E-state index contributed by atoms with van der Waals surface area (Å²) in [4.78, 5) is 24.6. The van der Waals surface area contributed by atoms with Gasteiger partial charge in [-0.25, -0.2) is 9.59 Å². The Morgan fingerprint density at radius 1 is 1.14 bits per heavy atom. The molecule has 1 saturated heterocycles. The summed E-state index contributed by atoms with van der Waals surface area (Å²) >= 11 is 3.34. The van der Waals surface area contributed by atoms with Crippen LogP contribution in [0.3, 0.4) is 0 Å². The van der Waals surface area contributed by atoms with Gasteiger partial charge in [0, 0.05) is 11.1 Å². The lowest BCUT2D eigenvalue weighted by atomic mass is 10.2. The molecule has 0 aromatic heterocycles. The molecule has 2 aromatic carbocycles. The highest BCUT2D eigenvalue weighted by Gasteiger charge is 2.19. The third-order valence-electron chi connectivity index (χ3n) is 4.19. The molecule has 3 rings (SSSR count). The van der Waals surface area contributed by atoms with E-state index in [1.165, 1.54) is 0 Å². The van der Waals surface area contributed by atoms with Gasteiger partial charge in [-0.3, -0.25) is 0 Å². The van der Waals surface area contributed by atoms with Gasteiger partial charge in [0.25, 0.3) is 0 Å². The van der Waals surface area contributed by atoms with Crippen molar-refractivity contribution in [1.82, 2.24) is 0 Å². The molecule has 0 amide bonds. The van der Waals surface area contributed by atoms with Gasteiger partial charge in [0.2, 0.25) is 0 Å². The van der Waals surface area contributed by atoms with E-state index in [9.17, 15) is 9.59 Å². The molecular weight excluding hydrogens is 428 g/mol. The number of esters is 2. The number of rotatable bonds is 7. The number of carbonyl (C=O) groups excluding carboxylic acids is 2. The van der Waals surface area contributed by atoms with Crippen LogP contribution < -0.4 is 9.47 Å². The standard InChI is InChI=1S/C21H21BrO6/c1-2-25-19-10-7-15(22)12-18(19)21(24)28-16-8-5-14(6-9-16)20(23)27-13-17-4-3-11-26-17/h5-10,12,17H,2-4,11,13H2,1H3. The van der Waals surface area contributed by atoms with E-state index in [0.717, 1.165) is 17.3 Å². The molecule has 1 fully saturated rings. The smallest absolute Gasteiger partial charge is 0.347 e. The highest BCUT2D eigenvalue weighted by atomic mass is 79.9. The van der Waals surface area contributed by atoms with Crippen LogP contribution in [0, 0.1) is 0 Å². The van der Waals surface area contributed by atoms with Crippen LogP contribution in [0.5, 0.6) is 11.5 Å². The fourth-order valence-electron chi connectivity index (χ4n) is 2.79. The predicted octanol–water partition coefficient (Wildman–Crippen LogP) is 4.40. The summed E-state index contributed by atoms with van der Waals surface area (Å²) < 4.78 is 22.3. The average molecular weight is 449 g/mol. The second-order valence-electron chi connectivity index (χ2n) is 6.22. The van der Waals surface area contributed by atoms with Gasteiger partial charge >= 0.3 is 11.9 Å². The summed E-state index contributed by atoms with van der Waals surface area (Å²) in [7, 11) is 0. The van der Waals surface area contributed by atoms with E-state index < -0.39 is 11.9 Å². The zero-order valence-electron chi connectivity index (χ0n) is 15.5. The summed E-state index contributed by atoms with van der Waals surface area (Å²) in [5, 5.41) is 0. The van der Waals surface area contributed by atoms with Crippen molar-refractivity contribution < 1.29 is 28.5 Å². The van der Waals surface area contributed by atoms with Crippen LogP contribution in [-0.4, -0.2) is 37.9 Å². The number of halogens is 1. The van der Waals surface area contributed by atoms with Gasteiger partial charge in [-0.15, -0.1) is 0 Å². The Bertz CT molecular complexity index is 827. The SMILES string of the molecule is CCOc1ccc(Br)cc1C(=O)Oc1ccc(C(=O)OCC2CCCO2)cc1. The molecule has 7 heteroatoms. The van der Waals surface area contributed by atoms with Crippen molar-refractivity contribution in [2.45, 2.75) is 25.9 Å². The van der Waals surface area contributed by atoms with Crippen LogP contribution in [0.1, 0.15) is 40.5 Å². The Balaban J connectivity index is 1.61. The van der Waals surface area contributed by atoms with Crippen molar-refractivity contribution in [3.63, 3.8) is 0 Å². The molecule has 1 unspecified atom stereocenters. The third kappa shape index (κ3) is 5.33. The summed E-state index contributed by atoms with van der Waals surface area (Å²) in [6.07, 6.45) is 1.88. The number of ether oxygens (including phenoxy) is 4. The molecule has 0 N–H and O–H groups in total. The number of hydrogen-bond donors (Lipinski definition) is 0. The van der Waals surface area contributed by atoms with Crippen LogP contribution in [0.4, 0.5) is 0 Å². The van der Waals surface area contributed by atoms with Crippen molar-refractivity contribution in [3.05, 3.63) is 58.1 Å². The number of benzene rings is 2. The van der Waals surface area contributed by atoms with Crippen LogP contribution in [0.25, 0.3) is 0 Å². The summed E-state index contributed by atoms with van der Waals surface area (Å²) in [5.74, 6) is -0.203. The number of carbonyl (C=O) groups is 2. The molecule has 2 aromatic rings. The molecule has 1 heterocycles. The second-order valence-corrected chi connectivity index (χ2v) is 7.14. The lowest BCUT2D eigenvalue weighted by molar-refractivity contribution is 0.0161. The fraction of sp³-hybridized carbons (Fsp3) is 0.333. The molecule has 1 atom stereocenters. The minimum absolute atomic E-state index is 0.0195. The topological polar surface area (TPSA) is 71.1 Å². The lowest BCUT2D eigenvalue weighted by Gasteiger charge is -2.11. The molecule has 148 valence electrons. The largest absolute Gasteiger partial charge is 0.493 e. The minimum Gasteiger partial charge on any atom is -0.493 e. The van der Waals surface area contributed by atoms with Gasteiger partial charge in [-0.2, -0.15) is 0 Å². The van der Waals surface area contributed by atoms with Crippen LogP contribution in [0.15, 0.2) is 46.9 Å². The molecule has 0 spiro atoms. The van der Waals surface area contributed by atoms with E-state index in [0.29, 0.717) is 35.8 Å². The predicted molar refractivity (Wildman–Crippen MR) is 106 cm³/mol. The molecule has 0 bridgehead atoms. The zero-order valence-corrected chi connectivity index (χ0v) is 17.1. The van der Waals surface area contributed by atoms with E-state index in [4.69, 9.17) is 18.9 Å². The zero-order chi connectivity index (χ0) is 19.9. The van der Waals surface area contributed by atoms with E-state index >= 15 is 0 Å². The molecule has 0 saturated carbocycles. The minimum atomic E-state index is -0.543. The first-order valence-corrected chi connectivity index (χ1v) is 9.89. The highest BCUT2D eigenvalue weighted by molar-refractivity contribution is 9.10. The van der Waals surface area contributed by atoms with Gasteiger partial charge < -0.3 is 18.9 Å². The van der Waals surface area contributed by atoms with Crippen molar-refractivity contribution in [1.29, 1.82) is 0 Å². The van der Waals surface area contributed by atoms with E-state index in [2.05, 4.69) is 15.9 Å². The summed E-state index contributed by atoms with van der Waals surface area (Å²) in [6, 6.07) is 11.4. The molecule has 0 radical (unpaired) electrons. The van der Waals surface area contributed by atoms with Crippen LogP contribution in [-0.2, 0) is 9.47 Å². The molecule has 28 heavy (non-hydrogen) atoms. The van der Waals surface area contributed by atoms with E-state index in [-0.39, 0.29) is 12.7 Å². The summed E-state index contributed by atoms with van der Waals surface area (Å²) in [6.45, 7) is 3.24. The first kappa shape index (κ1) is 20.4. The Morgan fingerprint density at radius 3 is 2.61 bits per heavy atom. The van der Waals surface area contributed by atoms with Crippen molar-refractivity contribution in [2.75, 3.05) is 19.8 Å². The maximum atomic E-state index is 12.5. The van der Waals surface area contributed by atoms with Crippen molar-refractivity contribution in [2.24, 2.45) is 0 Å². The molecule has 6 nitrogen and oxygen atoms in total. The summed E-state index contributed by atoms with van der Waals surface area (Å²) in [5.41, 5.74) is 0.700. The number of hydrogen-bond acceptors (Lipinski definition) is 6. The van der Waals surface area contributed by atoms with Crippen molar-refractivity contribution >= 4 is 27.9 Å². The molecule has 0 aliphatic carbocycles. The Hall–Kier alpha value is -2.38. The maximum Gasteiger partial charge on any atom is 0.347 e. The van der Waals surface area contributed by atoms with Crippen LogP contribution >= 0.6 is 15.9 Å². The van der Waals surface area contributed by atoms with Gasteiger partial charge in [-0.05, 0) is 62.2 Å². The van der Waals surface area contributed by atoms with Crippen LogP contribution in [0.2, 0.25) is 0 Å². The lowest BCUT2D eigenvalue weighted by Crippen LogP contribution is -2.17. The van der Waals surface area contributed by atoms with Gasteiger partial charge in [0.15, 0.2) is 0 Å². The van der Waals surface area contributed by atoms with Gasteiger partial charge in [0.05, 0.1) is 18.3 Å². The Labute approximate surface area is 171 Å².